The molecule has 0 saturated carbocycles. The Morgan fingerprint density at radius 1 is 1.10 bits per heavy atom. The fraction of sp³-hybridized carbons (Fsp3) is 0.476. The van der Waals surface area contributed by atoms with Crippen LogP contribution in [-0.4, -0.2) is 90.0 Å². The predicted octanol–water partition coefficient (Wildman–Crippen LogP) is -1.05. The number of rotatable bonds is 5. The molecule has 164 valence electrons. The van der Waals surface area contributed by atoms with E-state index in [0.717, 1.165) is 23.6 Å². The van der Waals surface area contributed by atoms with Gasteiger partial charge in [-0.2, -0.15) is 0 Å². The van der Waals surface area contributed by atoms with Crippen molar-refractivity contribution in [2.75, 3.05) is 39.8 Å². The molecule has 31 heavy (non-hydrogen) atoms. The number of likely N-dealkylation sites (N-methyl/N-ethyl adjacent to an activating group) is 1. The molecule has 1 atom stereocenters. The molecule has 4 rings (SSSR count). The minimum atomic E-state index is -0.979. The van der Waals surface area contributed by atoms with Gasteiger partial charge in [-0.15, -0.1) is 0 Å². The third kappa shape index (κ3) is 4.21. The minimum absolute atomic E-state index is 0.0560. The van der Waals surface area contributed by atoms with Crippen molar-refractivity contribution in [3.05, 3.63) is 34.9 Å². The molecule has 1 aromatic carbocycles. The average molecular weight is 427 g/mol. The van der Waals surface area contributed by atoms with E-state index in [-0.39, 0.29) is 36.4 Å². The van der Waals surface area contributed by atoms with Gasteiger partial charge in [0, 0.05) is 39.1 Å². The standard InChI is InChI=1S/C21H25N5O5/c1-24(12-18(28)25-8-6-22-7-9-25)11-13-2-3-14-15(10-13)21(31)26(20(14)30)16-4-5-17(27)23-19(16)29/h2-3,10,16,22H,4-9,11-12H2,1H3,(H,23,27,29). The second-order valence-electron chi connectivity index (χ2n) is 8.13. The van der Waals surface area contributed by atoms with Crippen LogP contribution in [0.4, 0.5) is 0 Å². The highest BCUT2D eigenvalue weighted by molar-refractivity contribution is 6.23. The fourth-order valence-corrected chi connectivity index (χ4v) is 4.23. The molecule has 0 spiro atoms. The molecular weight excluding hydrogens is 402 g/mol. The molecule has 1 unspecified atom stereocenters. The highest BCUT2D eigenvalue weighted by Gasteiger charge is 2.44. The zero-order valence-corrected chi connectivity index (χ0v) is 17.3. The number of hydrogen-bond acceptors (Lipinski definition) is 7. The van der Waals surface area contributed by atoms with Crippen molar-refractivity contribution in [3.63, 3.8) is 0 Å². The average Bonchev–Trinajstić information content (AvgIpc) is 2.99. The third-order valence-electron chi connectivity index (χ3n) is 5.83. The van der Waals surface area contributed by atoms with E-state index in [1.54, 1.807) is 18.2 Å². The third-order valence-corrected chi connectivity index (χ3v) is 5.83. The number of piperidine rings is 1. The van der Waals surface area contributed by atoms with Crippen LogP contribution < -0.4 is 10.6 Å². The van der Waals surface area contributed by atoms with Crippen LogP contribution in [0.1, 0.15) is 39.1 Å². The van der Waals surface area contributed by atoms with Gasteiger partial charge in [0.15, 0.2) is 0 Å². The van der Waals surface area contributed by atoms with Crippen molar-refractivity contribution in [2.24, 2.45) is 0 Å². The molecule has 3 heterocycles. The highest BCUT2D eigenvalue weighted by atomic mass is 16.2. The number of nitrogens with zero attached hydrogens (tertiary/aromatic N) is 3. The first-order chi connectivity index (χ1) is 14.8. The van der Waals surface area contributed by atoms with Gasteiger partial charge in [-0.1, -0.05) is 6.07 Å². The van der Waals surface area contributed by atoms with Gasteiger partial charge in [0.25, 0.3) is 11.8 Å². The number of nitrogens with one attached hydrogen (secondary N) is 2. The van der Waals surface area contributed by atoms with Crippen molar-refractivity contribution < 1.29 is 24.0 Å². The number of benzene rings is 1. The van der Waals surface area contributed by atoms with Gasteiger partial charge in [0.2, 0.25) is 17.7 Å². The molecule has 3 aliphatic rings. The topological polar surface area (TPSA) is 119 Å². The van der Waals surface area contributed by atoms with E-state index in [4.69, 9.17) is 0 Å². The van der Waals surface area contributed by atoms with Gasteiger partial charge < -0.3 is 10.2 Å². The molecule has 2 fully saturated rings. The summed E-state index contributed by atoms with van der Waals surface area (Å²) < 4.78 is 0. The molecule has 2 N–H and O–H groups in total. The van der Waals surface area contributed by atoms with Gasteiger partial charge in [-0.05, 0) is 31.2 Å². The van der Waals surface area contributed by atoms with E-state index in [1.807, 2.05) is 16.8 Å². The van der Waals surface area contributed by atoms with Gasteiger partial charge in [-0.3, -0.25) is 39.1 Å². The van der Waals surface area contributed by atoms with Crippen LogP contribution in [0.15, 0.2) is 18.2 Å². The Kier molecular flexibility index (Phi) is 5.84. The molecule has 0 aliphatic carbocycles. The zero-order valence-electron chi connectivity index (χ0n) is 17.3. The van der Waals surface area contributed by atoms with Crippen LogP contribution in [0.5, 0.6) is 0 Å². The van der Waals surface area contributed by atoms with Crippen molar-refractivity contribution in [1.29, 1.82) is 0 Å². The summed E-state index contributed by atoms with van der Waals surface area (Å²) in [4.78, 5) is 66.3. The highest BCUT2D eigenvalue weighted by Crippen LogP contribution is 2.28. The quantitative estimate of drug-likeness (QED) is 0.576. The normalized spacial score (nSPS) is 21.5. The van der Waals surface area contributed by atoms with Crippen molar-refractivity contribution in [1.82, 2.24) is 25.3 Å². The Morgan fingerprint density at radius 3 is 2.52 bits per heavy atom. The van der Waals surface area contributed by atoms with E-state index in [0.29, 0.717) is 19.6 Å². The largest absolute Gasteiger partial charge is 0.339 e. The maximum Gasteiger partial charge on any atom is 0.262 e. The molecule has 0 bridgehead atoms. The Balaban J connectivity index is 1.44. The number of carbonyl (C=O) groups excluding carboxylic acids is 5. The van der Waals surface area contributed by atoms with Crippen molar-refractivity contribution in [3.8, 4) is 0 Å². The van der Waals surface area contributed by atoms with E-state index in [1.165, 1.54) is 0 Å². The summed E-state index contributed by atoms with van der Waals surface area (Å²) in [6.07, 6.45) is 0.209. The van der Waals surface area contributed by atoms with Gasteiger partial charge in [0.1, 0.15) is 6.04 Å². The summed E-state index contributed by atoms with van der Waals surface area (Å²) in [5.41, 5.74) is 1.28. The smallest absolute Gasteiger partial charge is 0.262 e. The van der Waals surface area contributed by atoms with E-state index < -0.39 is 29.7 Å². The zero-order chi connectivity index (χ0) is 22.1. The van der Waals surface area contributed by atoms with Gasteiger partial charge in [0.05, 0.1) is 17.7 Å². The van der Waals surface area contributed by atoms with Crippen LogP contribution >= 0.6 is 0 Å². The number of hydrogen-bond donors (Lipinski definition) is 2. The van der Waals surface area contributed by atoms with Crippen LogP contribution in [0.25, 0.3) is 0 Å². The molecule has 5 amide bonds. The lowest BCUT2D eigenvalue weighted by molar-refractivity contribution is -0.136. The van der Waals surface area contributed by atoms with E-state index in [9.17, 15) is 24.0 Å². The Morgan fingerprint density at radius 2 is 1.81 bits per heavy atom. The van der Waals surface area contributed by atoms with Crippen LogP contribution in [-0.2, 0) is 20.9 Å². The summed E-state index contributed by atoms with van der Waals surface area (Å²) in [5, 5.41) is 5.40. The van der Waals surface area contributed by atoms with Gasteiger partial charge >= 0.3 is 0 Å². The van der Waals surface area contributed by atoms with Crippen LogP contribution in [0, 0.1) is 0 Å². The fourth-order valence-electron chi connectivity index (χ4n) is 4.23. The number of piperazine rings is 1. The van der Waals surface area contributed by atoms with E-state index >= 15 is 0 Å². The van der Waals surface area contributed by atoms with Crippen molar-refractivity contribution >= 4 is 29.5 Å². The SMILES string of the molecule is CN(CC(=O)N1CCNCC1)Cc1ccc2c(c1)C(=O)N(C1CCC(=O)NC1=O)C2=O. The molecule has 10 heteroatoms. The summed E-state index contributed by atoms with van der Waals surface area (Å²) in [5.74, 6) is -2.03. The summed E-state index contributed by atoms with van der Waals surface area (Å²) in [6, 6.07) is 4.01. The van der Waals surface area contributed by atoms with E-state index in [2.05, 4.69) is 10.6 Å². The molecule has 0 aromatic heterocycles. The lowest BCUT2D eigenvalue weighted by atomic mass is 10.0. The molecule has 0 radical (unpaired) electrons. The second kappa shape index (κ2) is 8.56. The predicted molar refractivity (Wildman–Crippen MR) is 109 cm³/mol. The van der Waals surface area contributed by atoms with Crippen LogP contribution in [0.2, 0.25) is 0 Å². The molecule has 3 aliphatic heterocycles. The molecule has 10 nitrogen and oxygen atoms in total. The first-order valence-corrected chi connectivity index (χ1v) is 10.4. The van der Waals surface area contributed by atoms with Gasteiger partial charge in [-0.25, -0.2) is 0 Å². The first-order valence-electron chi connectivity index (χ1n) is 10.4. The Labute approximate surface area is 179 Å². The summed E-state index contributed by atoms with van der Waals surface area (Å²) >= 11 is 0. The number of fused-ring (bicyclic) bond motifs is 1. The Bertz CT molecular complexity index is 955. The lowest BCUT2D eigenvalue weighted by Gasteiger charge is -2.29. The van der Waals surface area contributed by atoms with Crippen molar-refractivity contribution in [2.45, 2.75) is 25.4 Å². The number of carbonyl (C=O) groups is 5. The summed E-state index contributed by atoms with van der Waals surface area (Å²) in [6.45, 7) is 3.66. The second-order valence-corrected chi connectivity index (χ2v) is 8.13. The lowest BCUT2D eigenvalue weighted by Crippen LogP contribution is -2.54. The van der Waals surface area contributed by atoms with Crippen LogP contribution in [0.3, 0.4) is 0 Å². The minimum Gasteiger partial charge on any atom is -0.339 e. The first kappa shape index (κ1) is 21.1. The summed E-state index contributed by atoms with van der Waals surface area (Å²) in [7, 11) is 1.83. The Hall–Kier alpha value is -3.11. The molecule has 2 saturated heterocycles. The maximum atomic E-state index is 12.9. The monoisotopic (exact) mass is 427 g/mol. The molecular formula is C21H25N5O5. The number of imide groups is 2. The molecule has 1 aromatic rings. The number of amides is 5. The maximum absolute atomic E-state index is 12.9.